The minimum Gasteiger partial charge on any atom is -0.396 e. The fraction of sp³-hybridized carbons (Fsp3) is 0.278. The molecule has 2 aromatic rings. The van der Waals surface area contributed by atoms with Gasteiger partial charge in [0.15, 0.2) is 5.78 Å². The van der Waals surface area contributed by atoms with Crippen LogP contribution in [0.15, 0.2) is 54.6 Å². The molecule has 2 aromatic carbocycles. The van der Waals surface area contributed by atoms with Gasteiger partial charge in [-0.15, -0.1) is 0 Å². The van der Waals surface area contributed by atoms with Crippen LogP contribution in [0.5, 0.6) is 0 Å². The maximum atomic E-state index is 12.3. The maximum absolute atomic E-state index is 12.3. The zero-order chi connectivity index (χ0) is 14.4. The van der Waals surface area contributed by atoms with E-state index < -0.39 is 0 Å². The van der Waals surface area contributed by atoms with Gasteiger partial charge in [-0.3, -0.25) is 4.79 Å². The fourth-order valence-corrected chi connectivity index (χ4v) is 2.35. The predicted octanol–water partition coefficient (Wildman–Crippen LogP) is 3.94. The Kier molecular flexibility index (Phi) is 5.08. The van der Waals surface area contributed by atoms with Gasteiger partial charge in [0.2, 0.25) is 0 Å². The lowest BCUT2D eigenvalue weighted by molar-refractivity contribution is 0.0850. The van der Waals surface area contributed by atoms with Crippen molar-refractivity contribution in [3.8, 4) is 11.1 Å². The summed E-state index contributed by atoms with van der Waals surface area (Å²) in [5.74, 6) is -0.239. The van der Waals surface area contributed by atoms with Gasteiger partial charge < -0.3 is 5.11 Å². The fourth-order valence-electron chi connectivity index (χ4n) is 2.35. The van der Waals surface area contributed by atoms with Crippen LogP contribution in [0.2, 0.25) is 0 Å². The van der Waals surface area contributed by atoms with Crippen molar-refractivity contribution in [3.05, 3.63) is 60.2 Å². The van der Waals surface area contributed by atoms with Gasteiger partial charge in [0.25, 0.3) is 0 Å². The molecule has 20 heavy (non-hydrogen) atoms. The van der Waals surface area contributed by atoms with Gasteiger partial charge in [-0.25, -0.2) is 0 Å². The molecule has 0 radical (unpaired) electrons. The molecule has 2 rings (SSSR count). The standard InChI is InChI=1S/C18H20O2/c1-2-6-17(13-19)18(20)16-11-9-15(10-12-16)14-7-4-3-5-8-14/h3-5,7-12,17,19H,2,6,13H2,1H3. The summed E-state index contributed by atoms with van der Waals surface area (Å²) in [6.45, 7) is 1.95. The summed E-state index contributed by atoms with van der Waals surface area (Å²) < 4.78 is 0. The highest BCUT2D eigenvalue weighted by atomic mass is 16.3. The molecule has 0 amide bonds. The molecule has 0 aliphatic heterocycles. The van der Waals surface area contributed by atoms with E-state index in [0.717, 1.165) is 24.0 Å². The molecule has 1 unspecified atom stereocenters. The normalized spacial score (nSPS) is 12.1. The lowest BCUT2D eigenvalue weighted by atomic mass is 9.93. The lowest BCUT2D eigenvalue weighted by Gasteiger charge is -2.12. The Balaban J connectivity index is 2.18. The number of carbonyl (C=O) groups excluding carboxylic acids is 1. The summed E-state index contributed by atoms with van der Waals surface area (Å²) in [4.78, 5) is 12.3. The Hall–Kier alpha value is -1.93. The third-order valence-corrected chi connectivity index (χ3v) is 3.50. The van der Waals surface area contributed by atoms with Crippen molar-refractivity contribution in [2.45, 2.75) is 19.8 Å². The quantitative estimate of drug-likeness (QED) is 0.806. The Labute approximate surface area is 120 Å². The molecule has 2 heteroatoms. The van der Waals surface area contributed by atoms with Crippen LogP contribution < -0.4 is 0 Å². The van der Waals surface area contributed by atoms with E-state index in [4.69, 9.17) is 0 Å². The second-order valence-electron chi connectivity index (χ2n) is 4.98. The first-order valence-corrected chi connectivity index (χ1v) is 7.06. The Morgan fingerprint density at radius 2 is 1.60 bits per heavy atom. The van der Waals surface area contributed by atoms with Gasteiger partial charge in [0, 0.05) is 11.5 Å². The van der Waals surface area contributed by atoms with Crippen LogP contribution >= 0.6 is 0 Å². The number of carbonyl (C=O) groups is 1. The van der Waals surface area contributed by atoms with Crippen molar-refractivity contribution in [3.63, 3.8) is 0 Å². The van der Waals surface area contributed by atoms with Gasteiger partial charge >= 0.3 is 0 Å². The lowest BCUT2D eigenvalue weighted by Crippen LogP contribution is -2.18. The highest BCUT2D eigenvalue weighted by Crippen LogP contribution is 2.21. The molecule has 1 atom stereocenters. The Bertz CT molecular complexity index is 543. The molecule has 2 nitrogen and oxygen atoms in total. The molecule has 104 valence electrons. The molecular formula is C18H20O2. The Morgan fingerprint density at radius 3 is 2.15 bits per heavy atom. The van der Waals surface area contributed by atoms with Crippen LogP contribution in [0.4, 0.5) is 0 Å². The minimum atomic E-state index is -0.275. The van der Waals surface area contributed by atoms with E-state index in [2.05, 4.69) is 0 Å². The van der Waals surface area contributed by atoms with Crippen molar-refractivity contribution < 1.29 is 9.90 Å². The number of hydrogen-bond donors (Lipinski definition) is 1. The molecule has 1 N–H and O–H groups in total. The second-order valence-corrected chi connectivity index (χ2v) is 4.98. The summed E-state index contributed by atoms with van der Waals surface area (Å²) >= 11 is 0. The molecular weight excluding hydrogens is 248 g/mol. The van der Waals surface area contributed by atoms with Crippen LogP contribution in [0, 0.1) is 5.92 Å². The molecule has 0 spiro atoms. The first-order chi connectivity index (χ1) is 9.76. The monoisotopic (exact) mass is 268 g/mol. The first-order valence-electron chi connectivity index (χ1n) is 7.06. The number of aliphatic hydroxyl groups is 1. The molecule has 0 fully saturated rings. The minimum absolute atomic E-state index is 0.0361. The average Bonchev–Trinajstić information content (AvgIpc) is 2.53. The molecule has 0 heterocycles. The molecule has 0 saturated carbocycles. The van der Waals surface area contributed by atoms with Crippen molar-refractivity contribution in [1.82, 2.24) is 0 Å². The van der Waals surface area contributed by atoms with E-state index in [-0.39, 0.29) is 18.3 Å². The van der Waals surface area contributed by atoms with E-state index >= 15 is 0 Å². The van der Waals surface area contributed by atoms with Crippen LogP contribution in [0.3, 0.4) is 0 Å². The molecule has 0 saturated heterocycles. The summed E-state index contributed by atoms with van der Waals surface area (Å²) in [5.41, 5.74) is 2.91. The van der Waals surface area contributed by atoms with Crippen molar-refractivity contribution in [2.75, 3.05) is 6.61 Å². The van der Waals surface area contributed by atoms with Crippen LogP contribution in [-0.4, -0.2) is 17.5 Å². The summed E-state index contributed by atoms with van der Waals surface area (Å²) in [7, 11) is 0. The number of Topliss-reactive ketones (excluding diaryl/α,β-unsaturated/α-hetero) is 1. The van der Waals surface area contributed by atoms with Crippen molar-refractivity contribution in [2.24, 2.45) is 5.92 Å². The highest BCUT2D eigenvalue weighted by molar-refractivity contribution is 5.98. The SMILES string of the molecule is CCCC(CO)C(=O)c1ccc(-c2ccccc2)cc1. The number of rotatable bonds is 6. The molecule has 0 aliphatic carbocycles. The topological polar surface area (TPSA) is 37.3 Å². The smallest absolute Gasteiger partial charge is 0.168 e. The first kappa shape index (κ1) is 14.5. The summed E-state index contributed by atoms with van der Waals surface area (Å²) in [5, 5.41) is 9.30. The van der Waals surface area contributed by atoms with E-state index in [1.54, 1.807) is 0 Å². The summed E-state index contributed by atoms with van der Waals surface area (Å²) in [6.07, 6.45) is 1.63. The average molecular weight is 268 g/mol. The molecule has 0 bridgehead atoms. The van der Waals surface area contributed by atoms with Gasteiger partial charge in [0.05, 0.1) is 6.61 Å². The molecule has 0 aromatic heterocycles. The predicted molar refractivity (Wildman–Crippen MR) is 81.7 cm³/mol. The Morgan fingerprint density at radius 1 is 1.00 bits per heavy atom. The number of ketones is 1. The van der Waals surface area contributed by atoms with Gasteiger partial charge in [-0.1, -0.05) is 67.9 Å². The van der Waals surface area contributed by atoms with Gasteiger partial charge in [0.1, 0.15) is 0 Å². The number of aliphatic hydroxyl groups excluding tert-OH is 1. The van der Waals surface area contributed by atoms with E-state index in [1.807, 2.05) is 61.5 Å². The third kappa shape index (κ3) is 3.34. The van der Waals surface area contributed by atoms with Crippen LogP contribution in [0.1, 0.15) is 30.1 Å². The zero-order valence-corrected chi connectivity index (χ0v) is 11.8. The van der Waals surface area contributed by atoms with Crippen LogP contribution in [0.25, 0.3) is 11.1 Å². The van der Waals surface area contributed by atoms with E-state index in [1.165, 1.54) is 0 Å². The number of benzene rings is 2. The van der Waals surface area contributed by atoms with Crippen molar-refractivity contribution >= 4 is 5.78 Å². The van der Waals surface area contributed by atoms with Crippen LogP contribution in [-0.2, 0) is 0 Å². The number of hydrogen-bond acceptors (Lipinski definition) is 2. The highest BCUT2D eigenvalue weighted by Gasteiger charge is 2.18. The van der Waals surface area contributed by atoms with Gasteiger partial charge in [-0.2, -0.15) is 0 Å². The van der Waals surface area contributed by atoms with E-state index in [9.17, 15) is 9.90 Å². The van der Waals surface area contributed by atoms with E-state index in [0.29, 0.717) is 5.56 Å². The molecule has 0 aliphatic rings. The second kappa shape index (κ2) is 7.01. The van der Waals surface area contributed by atoms with Crippen molar-refractivity contribution in [1.29, 1.82) is 0 Å². The van der Waals surface area contributed by atoms with Gasteiger partial charge in [-0.05, 0) is 17.5 Å². The maximum Gasteiger partial charge on any atom is 0.168 e. The third-order valence-electron chi connectivity index (χ3n) is 3.50. The zero-order valence-electron chi connectivity index (χ0n) is 11.8. The summed E-state index contributed by atoms with van der Waals surface area (Å²) in [6, 6.07) is 17.7. The largest absolute Gasteiger partial charge is 0.396 e.